The zero-order chi connectivity index (χ0) is 15.3. The molecular weight excluding hydrogens is 276 g/mol. The molecule has 0 heterocycles. The first-order valence-electron chi connectivity index (χ1n) is 7.56. The van der Waals surface area contributed by atoms with Crippen LogP contribution >= 0.6 is 11.8 Å². The average molecular weight is 306 g/mol. The van der Waals surface area contributed by atoms with E-state index in [1.807, 2.05) is 0 Å². The Morgan fingerprint density at radius 3 is 1.75 bits per heavy atom. The predicted molar refractivity (Wildman–Crippen MR) is 83.8 cm³/mol. The van der Waals surface area contributed by atoms with Gasteiger partial charge in [-0.05, 0) is 12.8 Å². The molecular formula is C15H30O4S. The van der Waals surface area contributed by atoms with Crippen LogP contribution in [0.2, 0.25) is 0 Å². The molecule has 0 unspecified atom stereocenters. The summed E-state index contributed by atoms with van der Waals surface area (Å²) in [6.45, 7) is 1.13. The fourth-order valence-electron chi connectivity index (χ4n) is 2.09. The summed E-state index contributed by atoms with van der Waals surface area (Å²) in [5.74, 6) is 0.932. The summed E-state index contributed by atoms with van der Waals surface area (Å²) in [4.78, 5) is 10.7. The van der Waals surface area contributed by atoms with E-state index >= 15 is 0 Å². The highest BCUT2D eigenvalue weighted by Gasteiger charge is 2.26. The van der Waals surface area contributed by atoms with Crippen LogP contribution < -0.4 is 0 Å². The molecule has 120 valence electrons. The summed E-state index contributed by atoms with van der Waals surface area (Å²) in [7, 11) is 0. The smallest absolute Gasteiger partial charge is 0.185 e. The molecule has 0 spiro atoms. The van der Waals surface area contributed by atoms with Crippen molar-refractivity contribution < 1.29 is 20.1 Å². The summed E-state index contributed by atoms with van der Waals surface area (Å²) >= 11 is 1.40. The molecule has 0 fully saturated rings. The van der Waals surface area contributed by atoms with Gasteiger partial charge < -0.3 is 15.3 Å². The maximum absolute atomic E-state index is 10.7. The topological polar surface area (TPSA) is 77.8 Å². The minimum atomic E-state index is -0.704. The van der Waals surface area contributed by atoms with Crippen molar-refractivity contribution in [2.75, 3.05) is 25.6 Å². The maximum atomic E-state index is 10.7. The molecule has 0 aliphatic carbocycles. The third kappa shape index (κ3) is 9.75. The largest absolute Gasteiger partial charge is 0.396 e. The van der Waals surface area contributed by atoms with Crippen molar-refractivity contribution in [1.29, 1.82) is 0 Å². The third-order valence-corrected chi connectivity index (χ3v) is 4.56. The van der Waals surface area contributed by atoms with Gasteiger partial charge in [-0.25, -0.2) is 0 Å². The van der Waals surface area contributed by atoms with Gasteiger partial charge in [-0.15, -0.1) is 0 Å². The SMILES string of the molecule is CC(=O)SCCCCCCCCCC(CO)(CO)CO. The molecule has 0 rings (SSSR count). The number of carbonyl (C=O) groups is 1. The molecule has 4 nitrogen and oxygen atoms in total. The average Bonchev–Trinajstić information content (AvgIpc) is 2.45. The first-order valence-corrected chi connectivity index (χ1v) is 8.55. The van der Waals surface area contributed by atoms with Crippen LogP contribution in [0.25, 0.3) is 0 Å². The lowest BCUT2D eigenvalue weighted by molar-refractivity contribution is -0.109. The third-order valence-electron chi connectivity index (χ3n) is 3.66. The summed E-state index contributed by atoms with van der Waals surface area (Å²) < 4.78 is 0. The number of hydrogen-bond acceptors (Lipinski definition) is 5. The molecule has 20 heavy (non-hydrogen) atoms. The van der Waals surface area contributed by atoms with Crippen molar-refractivity contribution in [1.82, 2.24) is 0 Å². The molecule has 0 aliphatic rings. The first kappa shape index (κ1) is 19.9. The second kappa shape index (κ2) is 12.6. The lowest BCUT2D eigenvalue weighted by Gasteiger charge is -2.27. The fourth-order valence-corrected chi connectivity index (χ4v) is 2.72. The number of aliphatic hydroxyl groups is 3. The highest BCUT2D eigenvalue weighted by molar-refractivity contribution is 8.13. The van der Waals surface area contributed by atoms with Crippen LogP contribution in [0.4, 0.5) is 0 Å². The minimum absolute atomic E-state index is 0.159. The van der Waals surface area contributed by atoms with Crippen LogP contribution in [0.3, 0.4) is 0 Å². The molecule has 0 amide bonds. The summed E-state index contributed by atoms with van der Waals surface area (Å²) in [5.41, 5.74) is -0.704. The zero-order valence-corrected chi connectivity index (χ0v) is 13.5. The summed E-state index contributed by atoms with van der Waals surface area (Å²) in [5, 5.41) is 27.8. The van der Waals surface area contributed by atoms with Crippen LogP contribution in [-0.2, 0) is 4.79 Å². The van der Waals surface area contributed by atoms with Gasteiger partial charge >= 0.3 is 0 Å². The van der Waals surface area contributed by atoms with Gasteiger partial charge in [-0.1, -0.05) is 50.3 Å². The Morgan fingerprint density at radius 1 is 0.850 bits per heavy atom. The van der Waals surface area contributed by atoms with Gasteiger partial charge in [0.25, 0.3) is 0 Å². The predicted octanol–water partition coefficient (Wildman–Crippen LogP) is 2.35. The van der Waals surface area contributed by atoms with Crippen LogP contribution in [0.5, 0.6) is 0 Å². The first-order chi connectivity index (χ1) is 9.60. The van der Waals surface area contributed by atoms with E-state index in [1.165, 1.54) is 31.0 Å². The second-order valence-corrected chi connectivity index (χ2v) is 6.81. The Kier molecular flexibility index (Phi) is 12.6. The molecule has 5 heteroatoms. The van der Waals surface area contributed by atoms with Gasteiger partial charge in [-0.2, -0.15) is 0 Å². The van der Waals surface area contributed by atoms with E-state index in [0.717, 1.165) is 31.4 Å². The molecule has 0 bridgehead atoms. The van der Waals surface area contributed by atoms with Crippen molar-refractivity contribution in [3.63, 3.8) is 0 Å². The number of carbonyl (C=O) groups excluding carboxylic acids is 1. The van der Waals surface area contributed by atoms with Crippen molar-refractivity contribution in [3.05, 3.63) is 0 Å². The van der Waals surface area contributed by atoms with Crippen LogP contribution in [0.1, 0.15) is 58.3 Å². The lowest BCUT2D eigenvalue weighted by atomic mass is 9.85. The molecule has 3 N–H and O–H groups in total. The molecule has 0 aromatic rings. The highest BCUT2D eigenvalue weighted by atomic mass is 32.2. The van der Waals surface area contributed by atoms with Gasteiger partial charge in [0.2, 0.25) is 0 Å². The maximum Gasteiger partial charge on any atom is 0.185 e. The Balaban J connectivity index is 3.38. The number of aliphatic hydroxyl groups excluding tert-OH is 3. The van der Waals surface area contributed by atoms with Crippen molar-refractivity contribution in [2.24, 2.45) is 5.41 Å². The van der Waals surface area contributed by atoms with Crippen LogP contribution in [0, 0.1) is 5.41 Å². The van der Waals surface area contributed by atoms with E-state index < -0.39 is 5.41 Å². The number of rotatable bonds is 13. The van der Waals surface area contributed by atoms with Crippen molar-refractivity contribution in [2.45, 2.75) is 58.3 Å². The number of hydrogen-bond donors (Lipinski definition) is 3. The van der Waals surface area contributed by atoms with Gasteiger partial charge in [0.1, 0.15) is 0 Å². The molecule has 0 atom stereocenters. The Morgan fingerprint density at radius 2 is 1.30 bits per heavy atom. The molecule has 0 saturated carbocycles. The standard InChI is InChI=1S/C15H30O4S/c1-14(19)20-10-8-6-4-2-3-5-7-9-15(11-16,12-17)13-18/h16-18H,2-13H2,1H3. The molecule has 0 aromatic heterocycles. The fraction of sp³-hybridized carbons (Fsp3) is 0.933. The Hall–Kier alpha value is -0.100. The van der Waals surface area contributed by atoms with Gasteiger partial charge in [0.05, 0.1) is 19.8 Å². The summed E-state index contributed by atoms with van der Waals surface area (Å²) in [6.07, 6.45) is 8.50. The monoisotopic (exact) mass is 306 g/mol. The molecule has 0 aromatic carbocycles. The molecule has 0 radical (unpaired) electrons. The van der Waals surface area contributed by atoms with E-state index in [9.17, 15) is 20.1 Å². The van der Waals surface area contributed by atoms with E-state index in [-0.39, 0.29) is 24.9 Å². The van der Waals surface area contributed by atoms with E-state index in [2.05, 4.69) is 0 Å². The Bertz CT molecular complexity index is 234. The minimum Gasteiger partial charge on any atom is -0.396 e. The van der Waals surface area contributed by atoms with E-state index in [0.29, 0.717) is 6.42 Å². The zero-order valence-electron chi connectivity index (χ0n) is 12.6. The lowest BCUT2D eigenvalue weighted by Crippen LogP contribution is -2.33. The van der Waals surface area contributed by atoms with E-state index in [4.69, 9.17) is 0 Å². The van der Waals surface area contributed by atoms with Gasteiger partial charge in [-0.3, -0.25) is 4.79 Å². The quantitative estimate of drug-likeness (QED) is 0.455. The normalized spacial score (nSPS) is 11.8. The Labute approximate surface area is 127 Å². The van der Waals surface area contributed by atoms with Crippen LogP contribution in [-0.4, -0.2) is 46.0 Å². The number of unbranched alkanes of at least 4 members (excludes halogenated alkanes) is 6. The van der Waals surface area contributed by atoms with Crippen LogP contribution in [0.15, 0.2) is 0 Å². The van der Waals surface area contributed by atoms with Crippen molar-refractivity contribution in [3.8, 4) is 0 Å². The molecule has 0 aliphatic heterocycles. The van der Waals surface area contributed by atoms with Gasteiger partial charge in [0.15, 0.2) is 5.12 Å². The molecule has 0 saturated heterocycles. The summed E-state index contributed by atoms with van der Waals surface area (Å²) in [6, 6.07) is 0. The van der Waals surface area contributed by atoms with E-state index in [1.54, 1.807) is 6.92 Å². The highest BCUT2D eigenvalue weighted by Crippen LogP contribution is 2.23. The second-order valence-electron chi connectivity index (χ2n) is 5.54. The van der Waals surface area contributed by atoms with Crippen molar-refractivity contribution >= 4 is 16.9 Å². The van der Waals surface area contributed by atoms with Gasteiger partial charge in [0, 0.05) is 18.1 Å². The number of thioether (sulfide) groups is 1.